The zero-order valence-electron chi connectivity index (χ0n) is 12.3. The highest BCUT2D eigenvalue weighted by atomic mass is 79.9. The monoisotopic (exact) mass is 407 g/mol. The summed E-state index contributed by atoms with van der Waals surface area (Å²) < 4.78 is 39.6. The van der Waals surface area contributed by atoms with Crippen molar-refractivity contribution in [3.8, 4) is 0 Å². The second kappa shape index (κ2) is 6.96. The molecule has 0 spiro atoms. The smallest absolute Gasteiger partial charge is 0.338 e. The summed E-state index contributed by atoms with van der Waals surface area (Å²) in [6, 6.07) is 4.62. The number of carbonyl (C=O) groups is 2. The van der Waals surface area contributed by atoms with Gasteiger partial charge in [0, 0.05) is 23.4 Å². The van der Waals surface area contributed by atoms with Crippen molar-refractivity contribution in [1.82, 2.24) is 0 Å². The fraction of sp³-hybridized carbons (Fsp3) is 0.429. The van der Waals surface area contributed by atoms with Crippen molar-refractivity contribution >= 4 is 43.7 Å². The van der Waals surface area contributed by atoms with Crippen LogP contribution in [-0.2, 0) is 19.8 Å². The number of carbonyl (C=O) groups excluding carboxylic acids is 2. The van der Waals surface area contributed by atoms with Crippen LogP contribution in [0.1, 0.15) is 23.7 Å². The van der Waals surface area contributed by atoms with E-state index in [-0.39, 0.29) is 25.5 Å². The van der Waals surface area contributed by atoms with Gasteiger partial charge in [-0.05, 0) is 41.1 Å². The molecule has 1 unspecified atom stereocenters. The highest BCUT2D eigenvalue weighted by Gasteiger charge is 2.34. The summed E-state index contributed by atoms with van der Waals surface area (Å²) >= 11 is 3.29. The number of nitrogens with zero attached hydrogens (tertiary/aromatic N) is 1. The maximum absolute atomic E-state index is 12.8. The minimum atomic E-state index is -4.62. The molecule has 1 aliphatic heterocycles. The van der Waals surface area contributed by atoms with Crippen LogP contribution in [0.5, 0.6) is 0 Å². The van der Waals surface area contributed by atoms with Gasteiger partial charge in [0.1, 0.15) is 0 Å². The Kier molecular flexibility index (Phi) is 5.41. The molecule has 1 fully saturated rings. The Morgan fingerprint density at radius 3 is 2.74 bits per heavy atom. The fourth-order valence-electron chi connectivity index (χ4n) is 2.47. The van der Waals surface area contributed by atoms with Gasteiger partial charge in [-0.15, -0.1) is 3.89 Å². The van der Waals surface area contributed by atoms with Crippen molar-refractivity contribution in [2.75, 3.05) is 23.8 Å². The van der Waals surface area contributed by atoms with E-state index in [1.807, 2.05) is 0 Å². The zero-order chi connectivity index (χ0) is 17.2. The summed E-state index contributed by atoms with van der Waals surface area (Å²) in [6.07, 6.45) is -0.0325. The van der Waals surface area contributed by atoms with Gasteiger partial charge in [0.05, 0.1) is 23.6 Å². The lowest BCUT2D eigenvalue weighted by atomic mass is 10.1. The second-order valence-corrected chi connectivity index (χ2v) is 7.43. The van der Waals surface area contributed by atoms with Gasteiger partial charge < -0.3 is 9.64 Å². The van der Waals surface area contributed by atoms with E-state index in [4.69, 9.17) is 4.74 Å². The molecular weight excluding hydrogens is 393 g/mol. The van der Waals surface area contributed by atoms with Gasteiger partial charge >= 0.3 is 16.2 Å². The molecule has 1 aromatic rings. The normalized spacial score (nSPS) is 18.3. The standard InChI is InChI=1S/C14H15BrFNO5S/c1-2-22-14(19)10-3-4-12(11(15)6-10)17-7-9(5-13(17)18)8-23(16,20)21/h3-4,6,9H,2,5,7-8H2,1H3. The van der Waals surface area contributed by atoms with Crippen molar-refractivity contribution in [1.29, 1.82) is 0 Å². The summed E-state index contributed by atoms with van der Waals surface area (Å²) in [5, 5.41) is 0. The molecule has 126 valence electrons. The van der Waals surface area contributed by atoms with E-state index in [2.05, 4.69) is 15.9 Å². The van der Waals surface area contributed by atoms with Crippen LogP contribution in [0.25, 0.3) is 0 Å². The van der Waals surface area contributed by atoms with Crippen LogP contribution >= 0.6 is 15.9 Å². The first-order valence-corrected chi connectivity index (χ1v) is 9.25. The molecule has 1 saturated heterocycles. The second-order valence-electron chi connectivity index (χ2n) is 5.17. The van der Waals surface area contributed by atoms with Gasteiger partial charge in [-0.2, -0.15) is 8.42 Å². The van der Waals surface area contributed by atoms with Crippen molar-refractivity contribution in [2.45, 2.75) is 13.3 Å². The lowest BCUT2D eigenvalue weighted by Gasteiger charge is -2.18. The topological polar surface area (TPSA) is 80.8 Å². The Morgan fingerprint density at radius 1 is 1.48 bits per heavy atom. The Balaban J connectivity index is 2.19. The van der Waals surface area contributed by atoms with Crippen molar-refractivity contribution in [3.05, 3.63) is 28.2 Å². The summed E-state index contributed by atoms with van der Waals surface area (Å²) in [7, 11) is -4.62. The number of hydrogen-bond donors (Lipinski definition) is 0. The Bertz CT molecular complexity index is 737. The van der Waals surface area contributed by atoms with E-state index >= 15 is 0 Å². The molecule has 6 nitrogen and oxygen atoms in total. The average molecular weight is 408 g/mol. The SMILES string of the molecule is CCOC(=O)c1ccc(N2CC(CS(=O)(=O)F)CC2=O)c(Br)c1. The number of anilines is 1. The molecule has 0 bridgehead atoms. The summed E-state index contributed by atoms with van der Waals surface area (Å²) in [5.41, 5.74) is 0.832. The maximum atomic E-state index is 12.8. The van der Waals surface area contributed by atoms with Crippen molar-refractivity contribution < 1.29 is 26.6 Å². The Labute approximate surface area is 141 Å². The van der Waals surface area contributed by atoms with Crippen LogP contribution in [0.4, 0.5) is 9.57 Å². The molecule has 9 heteroatoms. The molecule has 0 aliphatic carbocycles. The molecule has 0 N–H and O–H groups in total. The van der Waals surface area contributed by atoms with E-state index in [9.17, 15) is 21.9 Å². The van der Waals surface area contributed by atoms with Crippen LogP contribution in [-0.4, -0.2) is 39.2 Å². The van der Waals surface area contributed by atoms with Crippen LogP contribution in [0.3, 0.4) is 0 Å². The third kappa shape index (κ3) is 4.51. The van der Waals surface area contributed by atoms with Gasteiger partial charge in [0.2, 0.25) is 5.91 Å². The first-order valence-electron chi connectivity index (χ1n) is 6.90. The first kappa shape index (κ1) is 17.9. The fourth-order valence-corrected chi connectivity index (χ4v) is 3.85. The Hall–Kier alpha value is -1.48. The summed E-state index contributed by atoms with van der Waals surface area (Å²) in [5.74, 6) is -2.03. The quantitative estimate of drug-likeness (QED) is 0.552. The average Bonchev–Trinajstić information content (AvgIpc) is 2.77. The minimum Gasteiger partial charge on any atom is -0.462 e. The van der Waals surface area contributed by atoms with E-state index in [0.29, 0.717) is 15.7 Å². The molecule has 1 aromatic carbocycles. The summed E-state index contributed by atoms with van der Waals surface area (Å²) in [6.45, 7) is 2.06. The number of amides is 1. The highest BCUT2D eigenvalue weighted by molar-refractivity contribution is 9.10. The van der Waals surface area contributed by atoms with Crippen LogP contribution in [0, 0.1) is 5.92 Å². The lowest BCUT2D eigenvalue weighted by Crippen LogP contribution is -2.25. The molecule has 0 saturated carbocycles. The molecule has 1 amide bonds. The zero-order valence-corrected chi connectivity index (χ0v) is 14.7. The van der Waals surface area contributed by atoms with Gasteiger partial charge in [-0.1, -0.05) is 0 Å². The number of esters is 1. The molecule has 23 heavy (non-hydrogen) atoms. The number of halogens is 2. The molecule has 1 aliphatic rings. The third-order valence-electron chi connectivity index (χ3n) is 3.39. The Morgan fingerprint density at radius 2 is 2.17 bits per heavy atom. The minimum absolute atomic E-state index is 0.0325. The van der Waals surface area contributed by atoms with E-state index in [1.54, 1.807) is 13.0 Å². The van der Waals surface area contributed by atoms with E-state index < -0.39 is 27.9 Å². The van der Waals surface area contributed by atoms with Crippen LogP contribution in [0.15, 0.2) is 22.7 Å². The number of hydrogen-bond acceptors (Lipinski definition) is 5. The number of ether oxygens (including phenoxy) is 1. The van der Waals surface area contributed by atoms with Gasteiger partial charge in [0.25, 0.3) is 0 Å². The number of benzene rings is 1. The van der Waals surface area contributed by atoms with Crippen LogP contribution < -0.4 is 4.90 Å². The maximum Gasteiger partial charge on any atom is 0.338 e. The molecule has 0 aromatic heterocycles. The van der Waals surface area contributed by atoms with E-state index in [0.717, 1.165) is 0 Å². The predicted molar refractivity (Wildman–Crippen MR) is 85.5 cm³/mol. The van der Waals surface area contributed by atoms with Gasteiger partial charge in [0.15, 0.2) is 0 Å². The molecular formula is C14H15BrFNO5S. The molecule has 1 heterocycles. The molecule has 1 atom stereocenters. The lowest BCUT2D eigenvalue weighted by molar-refractivity contribution is -0.117. The molecule has 0 radical (unpaired) electrons. The largest absolute Gasteiger partial charge is 0.462 e. The third-order valence-corrected chi connectivity index (χ3v) is 4.89. The first-order chi connectivity index (χ1) is 10.7. The van der Waals surface area contributed by atoms with Gasteiger partial charge in [-0.25, -0.2) is 4.79 Å². The van der Waals surface area contributed by atoms with E-state index in [1.165, 1.54) is 17.0 Å². The van der Waals surface area contributed by atoms with Crippen LogP contribution in [0.2, 0.25) is 0 Å². The predicted octanol–water partition coefficient (Wildman–Crippen LogP) is 2.28. The van der Waals surface area contributed by atoms with Crippen molar-refractivity contribution in [3.63, 3.8) is 0 Å². The summed E-state index contributed by atoms with van der Waals surface area (Å²) in [4.78, 5) is 25.1. The van der Waals surface area contributed by atoms with Gasteiger partial charge in [-0.3, -0.25) is 4.79 Å². The highest BCUT2D eigenvalue weighted by Crippen LogP contribution is 2.33. The molecule has 2 rings (SSSR count). The number of rotatable bonds is 5. The van der Waals surface area contributed by atoms with Crippen molar-refractivity contribution in [2.24, 2.45) is 5.92 Å².